The third-order valence-electron chi connectivity index (χ3n) is 3.12. The van der Waals surface area contributed by atoms with E-state index in [1.54, 1.807) is 17.0 Å². The van der Waals surface area contributed by atoms with Crippen LogP contribution in [-0.2, 0) is 0 Å². The van der Waals surface area contributed by atoms with Crippen LogP contribution in [-0.4, -0.2) is 36.1 Å². The summed E-state index contributed by atoms with van der Waals surface area (Å²) in [5.41, 5.74) is 0.240. The molecule has 0 radical (unpaired) electrons. The highest BCUT2D eigenvalue weighted by molar-refractivity contribution is 5.89. The number of amides is 2. The Balaban J connectivity index is 2.07. The minimum Gasteiger partial charge on any atom is -0.317 e. The summed E-state index contributed by atoms with van der Waals surface area (Å²) in [6, 6.07) is 5.73. The monoisotopic (exact) mass is 251 g/mol. The van der Waals surface area contributed by atoms with Gasteiger partial charge in [0.15, 0.2) is 0 Å². The van der Waals surface area contributed by atoms with Gasteiger partial charge >= 0.3 is 6.03 Å². The Morgan fingerprint density at radius 2 is 2.28 bits per heavy atom. The molecule has 1 aromatic carbocycles. The second-order valence-electron chi connectivity index (χ2n) is 5.08. The number of anilines is 1. The lowest BCUT2D eigenvalue weighted by atomic mass is 10.0. The van der Waals surface area contributed by atoms with Gasteiger partial charge in [0.05, 0.1) is 5.54 Å². The number of carbonyl (C=O) groups excluding carboxylic acids is 1. The summed E-state index contributed by atoms with van der Waals surface area (Å²) in [5, 5.41) is 5.98. The zero-order valence-corrected chi connectivity index (χ0v) is 10.7. The van der Waals surface area contributed by atoms with Crippen molar-refractivity contribution in [3.63, 3.8) is 0 Å². The summed E-state index contributed by atoms with van der Waals surface area (Å²) < 4.78 is 13.0. The standard InChI is InChI=1S/C13H18FN3O/c1-13(2)9-15-6-7-17(13)12(18)16-11-5-3-4-10(14)8-11/h3-5,8,15H,6-7,9H2,1-2H3,(H,16,18). The van der Waals surface area contributed by atoms with Crippen molar-refractivity contribution in [2.75, 3.05) is 25.0 Å². The SMILES string of the molecule is CC1(C)CNCCN1C(=O)Nc1cccc(F)c1. The van der Waals surface area contributed by atoms with E-state index in [0.717, 1.165) is 13.1 Å². The quantitative estimate of drug-likeness (QED) is 0.802. The number of benzene rings is 1. The van der Waals surface area contributed by atoms with Crippen LogP contribution < -0.4 is 10.6 Å². The molecule has 0 aliphatic carbocycles. The molecular weight excluding hydrogens is 233 g/mol. The minimum atomic E-state index is -0.354. The van der Waals surface area contributed by atoms with Gasteiger partial charge in [-0.05, 0) is 32.0 Å². The molecule has 4 nitrogen and oxygen atoms in total. The van der Waals surface area contributed by atoms with E-state index in [0.29, 0.717) is 12.2 Å². The molecular formula is C13H18FN3O. The minimum absolute atomic E-state index is 0.188. The van der Waals surface area contributed by atoms with Crippen molar-refractivity contribution in [1.82, 2.24) is 10.2 Å². The van der Waals surface area contributed by atoms with Crippen LogP contribution in [0.4, 0.5) is 14.9 Å². The number of nitrogens with zero attached hydrogens (tertiary/aromatic N) is 1. The Hall–Kier alpha value is -1.62. The largest absolute Gasteiger partial charge is 0.322 e. The molecule has 5 heteroatoms. The fourth-order valence-electron chi connectivity index (χ4n) is 2.12. The van der Waals surface area contributed by atoms with Crippen LogP contribution in [0, 0.1) is 5.82 Å². The number of halogens is 1. The Bertz CT molecular complexity index is 448. The van der Waals surface area contributed by atoms with Gasteiger partial charge in [0.25, 0.3) is 0 Å². The van der Waals surface area contributed by atoms with Gasteiger partial charge in [0, 0.05) is 25.3 Å². The normalized spacial score (nSPS) is 18.5. The van der Waals surface area contributed by atoms with Gasteiger partial charge in [-0.1, -0.05) is 6.07 Å². The highest BCUT2D eigenvalue weighted by Gasteiger charge is 2.33. The lowest BCUT2D eigenvalue weighted by Crippen LogP contribution is -2.60. The van der Waals surface area contributed by atoms with E-state index in [4.69, 9.17) is 0 Å². The van der Waals surface area contributed by atoms with Gasteiger partial charge < -0.3 is 15.5 Å². The predicted molar refractivity (Wildman–Crippen MR) is 69.1 cm³/mol. The third-order valence-corrected chi connectivity index (χ3v) is 3.12. The van der Waals surface area contributed by atoms with E-state index < -0.39 is 0 Å². The molecule has 0 bridgehead atoms. The fourth-order valence-corrected chi connectivity index (χ4v) is 2.12. The van der Waals surface area contributed by atoms with Gasteiger partial charge in [-0.25, -0.2) is 9.18 Å². The van der Waals surface area contributed by atoms with Crippen LogP contribution in [0.3, 0.4) is 0 Å². The summed E-state index contributed by atoms with van der Waals surface area (Å²) in [4.78, 5) is 13.9. The van der Waals surface area contributed by atoms with Crippen LogP contribution >= 0.6 is 0 Å². The lowest BCUT2D eigenvalue weighted by molar-refractivity contribution is 0.123. The molecule has 0 saturated carbocycles. The molecule has 1 aliphatic heterocycles. The van der Waals surface area contributed by atoms with Gasteiger partial charge in [-0.3, -0.25) is 0 Å². The van der Waals surface area contributed by atoms with E-state index in [1.807, 2.05) is 13.8 Å². The lowest BCUT2D eigenvalue weighted by Gasteiger charge is -2.42. The first-order chi connectivity index (χ1) is 8.49. The molecule has 2 rings (SSSR count). The molecule has 1 fully saturated rings. The molecule has 98 valence electrons. The molecule has 1 saturated heterocycles. The van der Waals surface area contributed by atoms with Gasteiger partial charge in [-0.2, -0.15) is 0 Å². The Kier molecular flexibility index (Phi) is 3.52. The number of hydrogen-bond donors (Lipinski definition) is 2. The Labute approximate surface area is 106 Å². The van der Waals surface area contributed by atoms with Crippen LogP contribution in [0.25, 0.3) is 0 Å². The summed E-state index contributed by atoms with van der Waals surface area (Å²) >= 11 is 0. The number of piperazine rings is 1. The topological polar surface area (TPSA) is 44.4 Å². The summed E-state index contributed by atoms with van der Waals surface area (Å²) in [6.07, 6.45) is 0. The number of hydrogen-bond acceptors (Lipinski definition) is 2. The van der Waals surface area contributed by atoms with E-state index in [1.165, 1.54) is 12.1 Å². The molecule has 2 amide bonds. The van der Waals surface area contributed by atoms with Crippen molar-refractivity contribution in [2.45, 2.75) is 19.4 Å². The molecule has 0 atom stereocenters. The van der Waals surface area contributed by atoms with E-state index in [9.17, 15) is 9.18 Å². The van der Waals surface area contributed by atoms with E-state index >= 15 is 0 Å². The van der Waals surface area contributed by atoms with Crippen molar-refractivity contribution in [2.24, 2.45) is 0 Å². The first-order valence-corrected chi connectivity index (χ1v) is 6.04. The van der Waals surface area contributed by atoms with Crippen molar-refractivity contribution >= 4 is 11.7 Å². The summed E-state index contributed by atoms with van der Waals surface area (Å²) in [6.45, 7) is 6.19. The molecule has 0 aromatic heterocycles. The molecule has 0 spiro atoms. The Morgan fingerprint density at radius 1 is 1.50 bits per heavy atom. The average Bonchev–Trinajstić information content (AvgIpc) is 2.28. The average molecular weight is 251 g/mol. The van der Waals surface area contributed by atoms with Crippen LogP contribution in [0.2, 0.25) is 0 Å². The highest BCUT2D eigenvalue weighted by atomic mass is 19.1. The highest BCUT2D eigenvalue weighted by Crippen LogP contribution is 2.18. The molecule has 0 unspecified atom stereocenters. The van der Waals surface area contributed by atoms with Crippen LogP contribution in [0.1, 0.15) is 13.8 Å². The van der Waals surface area contributed by atoms with E-state index in [2.05, 4.69) is 10.6 Å². The first kappa shape index (κ1) is 12.8. The van der Waals surface area contributed by atoms with E-state index in [-0.39, 0.29) is 17.4 Å². The second kappa shape index (κ2) is 4.94. The zero-order chi connectivity index (χ0) is 13.2. The summed E-state index contributed by atoms with van der Waals surface area (Å²) in [5.74, 6) is -0.354. The van der Waals surface area contributed by atoms with Crippen molar-refractivity contribution in [1.29, 1.82) is 0 Å². The predicted octanol–water partition coefficient (Wildman–Crippen LogP) is 2.04. The maximum absolute atomic E-state index is 13.0. The molecule has 2 N–H and O–H groups in total. The van der Waals surface area contributed by atoms with Crippen LogP contribution in [0.5, 0.6) is 0 Å². The second-order valence-corrected chi connectivity index (χ2v) is 5.08. The van der Waals surface area contributed by atoms with Crippen molar-refractivity contribution < 1.29 is 9.18 Å². The molecule has 1 aromatic rings. The number of urea groups is 1. The molecule has 1 heterocycles. The smallest absolute Gasteiger partial charge is 0.317 e. The number of nitrogens with one attached hydrogen (secondary N) is 2. The number of rotatable bonds is 1. The van der Waals surface area contributed by atoms with Gasteiger partial charge in [0.2, 0.25) is 0 Å². The number of carbonyl (C=O) groups is 1. The first-order valence-electron chi connectivity index (χ1n) is 6.04. The van der Waals surface area contributed by atoms with Crippen LogP contribution in [0.15, 0.2) is 24.3 Å². The van der Waals surface area contributed by atoms with Crippen molar-refractivity contribution in [3.8, 4) is 0 Å². The summed E-state index contributed by atoms with van der Waals surface area (Å²) in [7, 11) is 0. The Morgan fingerprint density at radius 3 is 2.94 bits per heavy atom. The van der Waals surface area contributed by atoms with Crippen molar-refractivity contribution in [3.05, 3.63) is 30.1 Å². The fraction of sp³-hybridized carbons (Fsp3) is 0.462. The maximum atomic E-state index is 13.0. The maximum Gasteiger partial charge on any atom is 0.322 e. The zero-order valence-electron chi connectivity index (χ0n) is 10.7. The molecule has 18 heavy (non-hydrogen) atoms. The molecule has 1 aliphatic rings. The van der Waals surface area contributed by atoms with Gasteiger partial charge in [0.1, 0.15) is 5.82 Å². The van der Waals surface area contributed by atoms with Gasteiger partial charge in [-0.15, -0.1) is 0 Å². The third kappa shape index (κ3) is 2.79.